The molecule has 1 saturated carbocycles. The summed E-state index contributed by atoms with van der Waals surface area (Å²) in [6, 6.07) is 0. The Morgan fingerprint density at radius 2 is 1.83 bits per heavy atom. The van der Waals surface area contributed by atoms with Gasteiger partial charge in [-0.15, -0.1) is 5.10 Å². The summed E-state index contributed by atoms with van der Waals surface area (Å²) >= 11 is 1.45. The molecule has 2 rings (SSSR count). The van der Waals surface area contributed by atoms with Crippen LogP contribution in [-0.4, -0.2) is 44.8 Å². The Hall–Kier alpha value is -1.04. The van der Waals surface area contributed by atoms with Crippen LogP contribution in [0.2, 0.25) is 0 Å². The normalized spacial score (nSPS) is 15.7. The molecule has 1 N–H and O–H groups in total. The van der Waals surface area contributed by atoms with Crippen molar-refractivity contribution in [1.82, 2.24) is 20.1 Å². The molecule has 1 aliphatic rings. The highest BCUT2D eigenvalue weighted by atomic mass is 32.2. The molecule has 0 radical (unpaired) electrons. The maximum absolute atomic E-state index is 12.5. The van der Waals surface area contributed by atoms with Gasteiger partial charge in [0.25, 0.3) is 0 Å². The number of carbonyl (C=O) groups excluding carboxylic acids is 1. The largest absolute Gasteiger partial charge is 0.341 e. The van der Waals surface area contributed by atoms with Crippen molar-refractivity contribution in [1.29, 1.82) is 0 Å². The molecule has 0 atom stereocenters. The lowest BCUT2D eigenvalue weighted by Crippen LogP contribution is -2.38. The summed E-state index contributed by atoms with van der Waals surface area (Å²) in [5.41, 5.74) is 0. The molecule has 1 fully saturated rings. The lowest BCUT2D eigenvalue weighted by atomic mass is 10.1. The molecule has 23 heavy (non-hydrogen) atoms. The van der Waals surface area contributed by atoms with Crippen LogP contribution in [0.1, 0.15) is 65.1 Å². The monoisotopic (exact) mass is 338 g/mol. The van der Waals surface area contributed by atoms with Gasteiger partial charge in [0, 0.05) is 19.0 Å². The molecule has 1 heterocycles. The van der Waals surface area contributed by atoms with Crippen molar-refractivity contribution >= 4 is 17.7 Å². The number of thioether (sulfide) groups is 1. The molecular weight excluding hydrogens is 308 g/mol. The molecular formula is C17H30N4OS. The summed E-state index contributed by atoms with van der Waals surface area (Å²) in [6.45, 7) is 10.2. The average molecular weight is 339 g/mol. The first-order valence-electron chi connectivity index (χ1n) is 8.78. The zero-order chi connectivity index (χ0) is 16.8. The molecule has 130 valence electrons. The van der Waals surface area contributed by atoms with Crippen LogP contribution in [0.4, 0.5) is 0 Å². The number of aromatic amines is 1. The van der Waals surface area contributed by atoms with Crippen molar-refractivity contribution in [2.75, 3.05) is 18.8 Å². The molecule has 1 aromatic rings. The molecule has 1 amide bonds. The van der Waals surface area contributed by atoms with E-state index in [1.54, 1.807) is 0 Å². The van der Waals surface area contributed by atoms with Crippen molar-refractivity contribution in [3.63, 3.8) is 0 Å². The summed E-state index contributed by atoms with van der Waals surface area (Å²) in [5, 5.41) is 8.03. The molecule has 0 unspecified atom stereocenters. The van der Waals surface area contributed by atoms with Crippen molar-refractivity contribution in [2.24, 2.45) is 11.8 Å². The highest BCUT2D eigenvalue weighted by Gasteiger charge is 2.21. The minimum atomic E-state index is 0.185. The molecule has 1 aromatic heterocycles. The van der Waals surface area contributed by atoms with Gasteiger partial charge in [-0.3, -0.25) is 9.89 Å². The van der Waals surface area contributed by atoms with Gasteiger partial charge in [-0.05, 0) is 24.7 Å². The number of aromatic nitrogens is 3. The second kappa shape index (κ2) is 8.71. The molecule has 5 nitrogen and oxygen atoms in total. The first-order valence-corrected chi connectivity index (χ1v) is 9.77. The highest BCUT2D eigenvalue weighted by molar-refractivity contribution is 7.99. The van der Waals surface area contributed by atoms with Crippen LogP contribution in [0, 0.1) is 11.8 Å². The number of hydrogen-bond donors (Lipinski definition) is 1. The molecule has 1 aliphatic carbocycles. The third-order valence-corrected chi connectivity index (χ3v) is 4.90. The fourth-order valence-corrected chi connectivity index (χ4v) is 3.79. The van der Waals surface area contributed by atoms with E-state index in [0.717, 1.165) is 18.9 Å². The second-order valence-corrected chi connectivity index (χ2v) is 8.30. The summed E-state index contributed by atoms with van der Waals surface area (Å²) in [5.74, 6) is 3.11. The number of amides is 1. The fraction of sp³-hybridized carbons (Fsp3) is 0.824. The van der Waals surface area contributed by atoms with Crippen LogP contribution in [0.15, 0.2) is 5.16 Å². The van der Waals surface area contributed by atoms with E-state index in [1.165, 1.54) is 37.4 Å². The minimum Gasteiger partial charge on any atom is -0.341 e. The minimum absolute atomic E-state index is 0.185. The van der Waals surface area contributed by atoms with Gasteiger partial charge in [-0.1, -0.05) is 52.3 Å². The summed E-state index contributed by atoms with van der Waals surface area (Å²) in [4.78, 5) is 19.0. The maximum atomic E-state index is 12.5. The highest BCUT2D eigenvalue weighted by Crippen LogP contribution is 2.32. The van der Waals surface area contributed by atoms with Gasteiger partial charge in [0.15, 0.2) is 0 Å². The Morgan fingerprint density at radius 3 is 2.39 bits per heavy atom. The van der Waals surface area contributed by atoms with Gasteiger partial charge in [0.05, 0.1) is 5.75 Å². The Labute approximate surface area is 144 Å². The smallest absolute Gasteiger partial charge is 0.233 e. The molecule has 0 spiro atoms. The predicted molar refractivity (Wildman–Crippen MR) is 94.6 cm³/mol. The van der Waals surface area contributed by atoms with E-state index in [1.807, 2.05) is 4.90 Å². The number of nitrogens with zero attached hydrogens (tertiary/aromatic N) is 3. The first-order chi connectivity index (χ1) is 11.0. The van der Waals surface area contributed by atoms with Crippen molar-refractivity contribution in [2.45, 2.75) is 64.5 Å². The van der Waals surface area contributed by atoms with E-state index >= 15 is 0 Å². The van der Waals surface area contributed by atoms with Crippen molar-refractivity contribution in [3.05, 3.63) is 5.82 Å². The Balaban J connectivity index is 1.86. The van der Waals surface area contributed by atoms with E-state index in [4.69, 9.17) is 0 Å². The van der Waals surface area contributed by atoms with Gasteiger partial charge >= 0.3 is 0 Å². The number of nitrogens with one attached hydrogen (secondary N) is 1. The third kappa shape index (κ3) is 5.83. The molecule has 0 aromatic carbocycles. The summed E-state index contributed by atoms with van der Waals surface area (Å²) in [6.07, 6.45) is 4.97. The quantitative estimate of drug-likeness (QED) is 0.734. The van der Waals surface area contributed by atoms with Crippen LogP contribution in [0.3, 0.4) is 0 Å². The first kappa shape index (κ1) is 18.3. The van der Waals surface area contributed by atoms with Crippen LogP contribution in [0.5, 0.6) is 0 Å². The molecule has 0 bridgehead atoms. The van der Waals surface area contributed by atoms with Gasteiger partial charge in [-0.2, -0.15) is 0 Å². The van der Waals surface area contributed by atoms with Crippen LogP contribution >= 0.6 is 11.8 Å². The van der Waals surface area contributed by atoms with E-state index < -0.39 is 0 Å². The zero-order valence-electron chi connectivity index (χ0n) is 14.8. The van der Waals surface area contributed by atoms with E-state index in [9.17, 15) is 4.79 Å². The van der Waals surface area contributed by atoms with E-state index in [-0.39, 0.29) is 5.91 Å². The average Bonchev–Trinajstić information content (AvgIpc) is 3.13. The zero-order valence-corrected chi connectivity index (χ0v) is 15.7. The Morgan fingerprint density at radius 1 is 1.22 bits per heavy atom. The molecule has 0 aliphatic heterocycles. The fourth-order valence-electron chi connectivity index (χ4n) is 3.08. The van der Waals surface area contributed by atoms with E-state index in [0.29, 0.717) is 28.7 Å². The van der Waals surface area contributed by atoms with Gasteiger partial charge in [0.2, 0.25) is 11.1 Å². The van der Waals surface area contributed by atoms with Gasteiger partial charge in [0.1, 0.15) is 5.82 Å². The summed E-state index contributed by atoms with van der Waals surface area (Å²) < 4.78 is 0. The predicted octanol–water partition coefficient (Wildman–Crippen LogP) is 3.70. The summed E-state index contributed by atoms with van der Waals surface area (Å²) in [7, 11) is 0. The number of carbonyl (C=O) groups is 1. The standard InChI is InChI=1S/C17H30N4OS/c1-12(2)9-21(10-13(3)4)15(22)11-23-17-18-16(19-20-17)14-7-5-6-8-14/h12-14H,5-11H2,1-4H3,(H,18,19,20). The Kier molecular flexibility index (Phi) is 6.93. The SMILES string of the molecule is CC(C)CN(CC(C)C)C(=O)CSc1n[nH]c(C2CCCC2)n1. The van der Waals surface area contributed by atoms with Gasteiger partial charge in [-0.25, -0.2) is 4.98 Å². The lowest BCUT2D eigenvalue weighted by Gasteiger charge is -2.26. The van der Waals surface area contributed by atoms with E-state index in [2.05, 4.69) is 42.9 Å². The number of rotatable bonds is 8. The lowest BCUT2D eigenvalue weighted by molar-refractivity contribution is -0.129. The van der Waals surface area contributed by atoms with Crippen LogP contribution in [-0.2, 0) is 4.79 Å². The number of H-pyrrole nitrogens is 1. The maximum Gasteiger partial charge on any atom is 0.233 e. The molecule has 0 saturated heterocycles. The van der Waals surface area contributed by atoms with Crippen LogP contribution in [0.25, 0.3) is 0 Å². The topological polar surface area (TPSA) is 61.9 Å². The van der Waals surface area contributed by atoms with Crippen LogP contribution < -0.4 is 0 Å². The third-order valence-electron chi connectivity index (χ3n) is 4.07. The Bertz CT molecular complexity index is 485. The number of hydrogen-bond acceptors (Lipinski definition) is 4. The molecule has 6 heteroatoms. The van der Waals surface area contributed by atoms with Crippen molar-refractivity contribution in [3.8, 4) is 0 Å². The second-order valence-electron chi connectivity index (χ2n) is 7.36. The van der Waals surface area contributed by atoms with Gasteiger partial charge < -0.3 is 4.90 Å². The van der Waals surface area contributed by atoms with Crippen molar-refractivity contribution < 1.29 is 4.79 Å².